The van der Waals surface area contributed by atoms with Gasteiger partial charge in [-0.25, -0.2) is 13.2 Å². The van der Waals surface area contributed by atoms with Crippen molar-refractivity contribution >= 4 is 33.1 Å². The Morgan fingerprint density at radius 1 is 1.26 bits per heavy atom. The highest BCUT2D eigenvalue weighted by Gasteiger charge is 2.37. The van der Waals surface area contributed by atoms with Gasteiger partial charge in [0, 0.05) is 45.5 Å². The molecule has 0 spiro atoms. The SMILES string of the molecule is CCCCC1CN(c2ccccc2)c2cc(N(C)C)c(O/C=C(\F)C(=O)O)cc2S(=O)(=O)N1C. The Morgan fingerprint density at radius 3 is 2.53 bits per heavy atom. The molecule has 1 aliphatic rings. The number of carboxylic acid groups (broad SMARTS) is 1. The van der Waals surface area contributed by atoms with E-state index in [0.29, 0.717) is 30.6 Å². The van der Waals surface area contributed by atoms with E-state index in [-0.39, 0.29) is 16.7 Å². The van der Waals surface area contributed by atoms with Crippen LogP contribution in [0.2, 0.25) is 0 Å². The van der Waals surface area contributed by atoms with Crippen LogP contribution in [0, 0.1) is 0 Å². The fraction of sp³-hybridized carbons (Fsp3) is 0.375. The van der Waals surface area contributed by atoms with Crippen molar-refractivity contribution in [1.82, 2.24) is 4.31 Å². The van der Waals surface area contributed by atoms with Crippen LogP contribution in [-0.2, 0) is 14.8 Å². The summed E-state index contributed by atoms with van der Waals surface area (Å²) in [5.74, 6) is -3.25. The smallest absolute Gasteiger partial charge is 0.368 e. The molecule has 0 aliphatic carbocycles. The molecular weight excluding hydrogens is 461 g/mol. The Labute approximate surface area is 199 Å². The van der Waals surface area contributed by atoms with Gasteiger partial charge in [0.25, 0.3) is 0 Å². The summed E-state index contributed by atoms with van der Waals surface area (Å²) in [6.45, 7) is 2.51. The molecule has 0 aromatic heterocycles. The molecule has 0 saturated heterocycles. The molecule has 2 aromatic rings. The lowest BCUT2D eigenvalue weighted by atomic mass is 10.1. The minimum atomic E-state index is -3.94. The first-order valence-electron chi connectivity index (χ1n) is 11.0. The van der Waals surface area contributed by atoms with Crippen LogP contribution in [0.3, 0.4) is 0 Å². The van der Waals surface area contributed by atoms with Crippen LogP contribution in [0.5, 0.6) is 5.75 Å². The number of fused-ring (bicyclic) bond motifs is 1. The van der Waals surface area contributed by atoms with Gasteiger partial charge in [-0.15, -0.1) is 0 Å². The second-order valence-electron chi connectivity index (χ2n) is 8.33. The molecule has 34 heavy (non-hydrogen) atoms. The van der Waals surface area contributed by atoms with Crippen molar-refractivity contribution < 1.29 is 27.4 Å². The predicted octanol–water partition coefficient (Wildman–Crippen LogP) is 4.36. The van der Waals surface area contributed by atoms with Crippen LogP contribution in [0.4, 0.5) is 21.5 Å². The van der Waals surface area contributed by atoms with E-state index in [1.165, 1.54) is 10.4 Å². The number of nitrogens with zero attached hydrogens (tertiary/aromatic N) is 3. The molecule has 2 aromatic carbocycles. The fourth-order valence-corrected chi connectivity index (χ4v) is 5.47. The summed E-state index contributed by atoms with van der Waals surface area (Å²) in [7, 11) is 1.10. The minimum Gasteiger partial charge on any atom is -0.476 e. The lowest BCUT2D eigenvalue weighted by Crippen LogP contribution is -2.40. The van der Waals surface area contributed by atoms with E-state index in [1.54, 1.807) is 32.1 Å². The number of aliphatic carboxylic acids is 1. The highest BCUT2D eigenvalue weighted by atomic mass is 32.2. The summed E-state index contributed by atoms with van der Waals surface area (Å²) in [6.07, 6.45) is 2.97. The number of hydrogen-bond donors (Lipinski definition) is 1. The summed E-state index contributed by atoms with van der Waals surface area (Å²) in [4.78, 5) is 14.5. The van der Waals surface area contributed by atoms with E-state index in [9.17, 15) is 17.6 Å². The molecule has 0 saturated carbocycles. The number of unbranched alkanes of at least 4 members (excludes halogenated alkanes) is 1. The van der Waals surface area contributed by atoms with Crippen molar-refractivity contribution in [2.24, 2.45) is 0 Å². The molecule has 1 atom stereocenters. The van der Waals surface area contributed by atoms with Crippen molar-refractivity contribution in [3.63, 3.8) is 0 Å². The molecule has 184 valence electrons. The summed E-state index contributed by atoms with van der Waals surface area (Å²) < 4.78 is 47.7. The number of sulfonamides is 1. The van der Waals surface area contributed by atoms with Gasteiger partial charge in [-0.1, -0.05) is 38.0 Å². The second kappa shape index (κ2) is 10.4. The van der Waals surface area contributed by atoms with E-state index >= 15 is 0 Å². The third kappa shape index (κ3) is 5.18. The Morgan fingerprint density at radius 2 is 1.94 bits per heavy atom. The quantitative estimate of drug-likeness (QED) is 0.433. The van der Waals surface area contributed by atoms with Gasteiger partial charge in [0.1, 0.15) is 11.2 Å². The number of anilines is 3. The van der Waals surface area contributed by atoms with Crippen molar-refractivity contribution in [2.75, 3.05) is 37.5 Å². The highest BCUT2D eigenvalue weighted by Crippen LogP contribution is 2.43. The number of halogens is 1. The average molecular weight is 492 g/mol. The monoisotopic (exact) mass is 491 g/mol. The summed E-state index contributed by atoms with van der Waals surface area (Å²) >= 11 is 0. The van der Waals surface area contributed by atoms with Gasteiger partial charge in [0.15, 0.2) is 5.75 Å². The maximum atomic E-state index is 13.7. The Kier molecular flexibility index (Phi) is 7.83. The molecule has 8 nitrogen and oxygen atoms in total. The van der Waals surface area contributed by atoms with Crippen molar-refractivity contribution in [3.05, 3.63) is 54.6 Å². The van der Waals surface area contributed by atoms with Crippen molar-refractivity contribution in [3.8, 4) is 5.75 Å². The summed E-state index contributed by atoms with van der Waals surface area (Å²) in [5.41, 5.74) is 1.78. The van der Waals surface area contributed by atoms with Gasteiger partial charge in [-0.05, 0) is 24.6 Å². The van der Waals surface area contributed by atoms with E-state index in [4.69, 9.17) is 9.84 Å². The first-order valence-corrected chi connectivity index (χ1v) is 12.4. The number of carbonyl (C=O) groups is 1. The molecule has 0 radical (unpaired) electrons. The molecule has 0 fully saturated rings. The Balaban J connectivity index is 2.25. The van der Waals surface area contributed by atoms with Gasteiger partial charge >= 0.3 is 5.97 Å². The first-order chi connectivity index (χ1) is 16.1. The molecule has 1 aliphatic heterocycles. The molecule has 1 unspecified atom stereocenters. The van der Waals surface area contributed by atoms with E-state index in [1.807, 2.05) is 35.2 Å². The van der Waals surface area contributed by atoms with Crippen LogP contribution in [0.25, 0.3) is 0 Å². The number of ether oxygens (including phenoxy) is 1. The molecule has 0 amide bonds. The fourth-order valence-electron chi connectivity index (χ4n) is 3.91. The molecule has 1 N–H and O–H groups in total. The zero-order chi connectivity index (χ0) is 25.0. The number of benzene rings is 2. The average Bonchev–Trinajstić information content (AvgIpc) is 2.89. The molecule has 3 rings (SSSR count). The lowest BCUT2D eigenvalue weighted by molar-refractivity contribution is -0.134. The van der Waals surface area contributed by atoms with Gasteiger partial charge in [-0.2, -0.15) is 8.70 Å². The maximum absolute atomic E-state index is 13.7. The zero-order valence-corrected chi connectivity index (χ0v) is 20.5. The van der Waals surface area contributed by atoms with Crippen LogP contribution in [-0.4, -0.2) is 57.5 Å². The Bertz CT molecular complexity index is 1170. The first kappa shape index (κ1) is 25.5. The number of rotatable bonds is 8. The topological polar surface area (TPSA) is 90.4 Å². The zero-order valence-electron chi connectivity index (χ0n) is 19.7. The molecular formula is C24H30FN3O5S. The standard InChI is InChI=1S/C24H30FN3O5S/c1-5-6-10-18-15-28(17-11-8-7-9-12-17)21-13-20(26(2)3)22(33-16-19(25)24(29)30)14-23(21)34(31,32)27(18)4/h7-9,11-14,16,18H,5-6,10,15H2,1-4H3,(H,29,30)/b19-16-. The maximum Gasteiger partial charge on any atom is 0.368 e. The third-order valence-electron chi connectivity index (χ3n) is 5.83. The molecule has 10 heteroatoms. The second-order valence-corrected chi connectivity index (χ2v) is 10.3. The van der Waals surface area contributed by atoms with Crippen LogP contribution in [0.15, 0.2) is 59.4 Å². The predicted molar refractivity (Wildman–Crippen MR) is 130 cm³/mol. The van der Waals surface area contributed by atoms with Crippen LogP contribution >= 0.6 is 0 Å². The van der Waals surface area contributed by atoms with Gasteiger partial charge in [-0.3, -0.25) is 0 Å². The number of hydrogen-bond acceptors (Lipinski definition) is 6. The normalized spacial score (nSPS) is 18.2. The molecule has 0 bridgehead atoms. The summed E-state index contributed by atoms with van der Waals surface area (Å²) in [5, 5.41) is 8.80. The van der Waals surface area contributed by atoms with Crippen molar-refractivity contribution in [1.29, 1.82) is 0 Å². The van der Waals surface area contributed by atoms with E-state index in [0.717, 1.165) is 18.5 Å². The number of para-hydroxylation sites is 1. The van der Waals surface area contributed by atoms with E-state index < -0.39 is 21.8 Å². The van der Waals surface area contributed by atoms with Crippen LogP contribution < -0.4 is 14.5 Å². The van der Waals surface area contributed by atoms with Crippen LogP contribution in [0.1, 0.15) is 26.2 Å². The Hall–Kier alpha value is -3.11. The third-order valence-corrected chi connectivity index (χ3v) is 7.77. The number of carboxylic acids is 1. The van der Waals surface area contributed by atoms with Gasteiger partial charge in [0.05, 0.1) is 11.4 Å². The highest BCUT2D eigenvalue weighted by molar-refractivity contribution is 7.89. The van der Waals surface area contributed by atoms with Gasteiger partial charge < -0.3 is 19.6 Å². The van der Waals surface area contributed by atoms with E-state index in [2.05, 4.69) is 6.92 Å². The molecule has 1 heterocycles. The summed E-state index contributed by atoms with van der Waals surface area (Å²) in [6, 6.07) is 12.3. The van der Waals surface area contributed by atoms with Gasteiger partial charge in [0.2, 0.25) is 15.9 Å². The largest absolute Gasteiger partial charge is 0.476 e. The lowest BCUT2D eigenvalue weighted by Gasteiger charge is -2.30. The van der Waals surface area contributed by atoms with Crippen molar-refractivity contribution in [2.45, 2.75) is 37.1 Å². The minimum absolute atomic E-state index is 0.00239. The number of likely N-dealkylation sites (N-methyl/N-ethyl adjacent to an activating group) is 1.